The highest BCUT2D eigenvalue weighted by atomic mass is 16.2. The van der Waals surface area contributed by atoms with Crippen LogP contribution in [0.3, 0.4) is 0 Å². The first-order valence-electron chi connectivity index (χ1n) is 12.1. The van der Waals surface area contributed by atoms with Crippen LogP contribution in [-0.4, -0.2) is 28.5 Å². The molecule has 0 saturated carbocycles. The molecule has 33 heavy (non-hydrogen) atoms. The average Bonchev–Trinajstić information content (AvgIpc) is 3.06. The number of aromatic nitrogens is 2. The Morgan fingerprint density at radius 3 is 2.39 bits per heavy atom. The molecule has 1 saturated heterocycles. The largest absolute Gasteiger partial charge is 0.372 e. The van der Waals surface area contributed by atoms with E-state index >= 15 is 0 Å². The van der Waals surface area contributed by atoms with Gasteiger partial charge in [-0.25, -0.2) is 4.98 Å². The molecule has 0 N–H and O–H groups in total. The Morgan fingerprint density at radius 1 is 1.00 bits per heavy atom. The van der Waals surface area contributed by atoms with Crippen molar-refractivity contribution >= 4 is 28.4 Å². The van der Waals surface area contributed by atoms with Crippen LogP contribution >= 0.6 is 0 Å². The van der Waals surface area contributed by atoms with E-state index in [9.17, 15) is 9.59 Å². The number of piperidine rings is 1. The van der Waals surface area contributed by atoms with Crippen molar-refractivity contribution in [2.45, 2.75) is 52.6 Å². The van der Waals surface area contributed by atoms with Crippen LogP contribution in [0.25, 0.3) is 10.9 Å². The maximum Gasteiger partial charge on any atom is 0.263 e. The lowest BCUT2D eigenvalue weighted by Crippen LogP contribution is -2.32. The van der Waals surface area contributed by atoms with Crippen LogP contribution in [0.4, 0.5) is 11.6 Å². The van der Waals surface area contributed by atoms with E-state index in [1.807, 2.05) is 18.2 Å². The Balaban J connectivity index is 1.46. The standard InChI is InChI=1S/C27H32N4O2/c1-18(2)16-24-26(33)30(27-28-23-7-5-4-6-22(23)25(32)31(24)27)17-20-8-10-21(11-9-20)29-14-12-19(3)13-15-29/h4-11,18-19,24H,12-17H2,1-3H3. The van der Waals surface area contributed by atoms with Gasteiger partial charge in [0.15, 0.2) is 0 Å². The van der Waals surface area contributed by atoms with Gasteiger partial charge in [-0.15, -0.1) is 0 Å². The molecule has 1 aromatic heterocycles. The number of benzene rings is 2. The van der Waals surface area contributed by atoms with Crippen molar-refractivity contribution in [3.05, 3.63) is 64.4 Å². The summed E-state index contributed by atoms with van der Waals surface area (Å²) in [6.45, 7) is 9.07. The smallest absolute Gasteiger partial charge is 0.263 e. The second kappa shape index (κ2) is 8.65. The van der Waals surface area contributed by atoms with E-state index in [2.05, 4.69) is 49.9 Å². The molecule has 0 spiro atoms. The number of anilines is 2. The van der Waals surface area contributed by atoms with Crippen molar-refractivity contribution in [2.24, 2.45) is 11.8 Å². The summed E-state index contributed by atoms with van der Waals surface area (Å²) in [6.07, 6.45) is 3.08. The van der Waals surface area contributed by atoms with E-state index in [0.717, 1.165) is 24.6 Å². The number of hydrogen-bond acceptors (Lipinski definition) is 4. The third-order valence-corrected chi connectivity index (χ3v) is 7.01. The summed E-state index contributed by atoms with van der Waals surface area (Å²) < 4.78 is 1.62. The van der Waals surface area contributed by atoms with Crippen LogP contribution in [0.5, 0.6) is 0 Å². The van der Waals surface area contributed by atoms with Gasteiger partial charge >= 0.3 is 0 Å². The maximum atomic E-state index is 13.5. The van der Waals surface area contributed by atoms with E-state index in [0.29, 0.717) is 29.8 Å². The minimum atomic E-state index is -0.501. The Hall–Kier alpha value is -3.15. The summed E-state index contributed by atoms with van der Waals surface area (Å²) in [6, 6.07) is 15.3. The minimum absolute atomic E-state index is 0.0438. The number of hydrogen-bond donors (Lipinski definition) is 0. The van der Waals surface area contributed by atoms with Crippen LogP contribution in [0.15, 0.2) is 53.3 Å². The first kappa shape index (κ1) is 21.7. The van der Waals surface area contributed by atoms with Crippen molar-refractivity contribution in [2.75, 3.05) is 22.9 Å². The molecule has 0 aliphatic carbocycles. The fraction of sp³-hybridized carbons (Fsp3) is 0.444. The Labute approximate surface area is 194 Å². The fourth-order valence-electron chi connectivity index (χ4n) is 5.06. The van der Waals surface area contributed by atoms with E-state index < -0.39 is 6.04 Å². The number of rotatable bonds is 5. The van der Waals surface area contributed by atoms with Gasteiger partial charge in [0.05, 0.1) is 17.4 Å². The minimum Gasteiger partial charge on any atom is -0.372 e. The van der Waals surface area contributed by atoms with Gasteiger partial charge in [-0.05, 0) is 60.9 Å². The summed E-state index contributed by atoms with van der Waals surface area (Å²) >= 11 is 0. The lowest BCUT2D eigenvalue weighted by molar-refractivity contribution is -0.120. The number of carbonyl (C=O) groups is 1. The van der Waals surface area contributed by atoms with Crippen molar-refractivity contribution in [1.29, 1.82) is 0 Å². The van der Waals surface area contributed by atoms with Gasteiger partial charge in [-0.3, -0.25) is 19.1 Å². The molecule has 5 rings (SSSR count). The number of amides is 1. The molecule has 1 atom stereocenters. The number of nitrogens with zero attached hydrogens (tertiary/aromatic N) is 4. The van der Waals surface area contributed by atoms with Crippen LogP contribution in [0, 0.1) is 11.8 Å². The Kier molecular flexibility index (Phi) is 5.69. The molecule has 0 bridgehead atoms. The fourth-order valence-corrected chi connectivity index (χ4v) is 5.06. The molecule has 3 aromatic rings. The second-order valence-corrected chi connectivity index (χ2v) is 10.0. The molecule has 1 amide bonds. The summed E-state index contributed by atoms with van der Waals surface area (Å²) in [5.74, 6) is 1.50. The second-order valence-electron chi connectivity index (χ2n) is 10.0. The summed E-state index contributed by atoms with van der Waals surface area (Å²) in [5.41, 5.74) is 2.77. The molecule has 3 heterocycles. The third-order valence-electron chi connectivity index (χ3n) is 7.01. The van der Waals surface area contributed by atoms with Crippen LogP contribution in [0.1, 0.15) is 51.6 Å². The average molecular weight is 445 g/mol. The highest BCUT2D eigenvalue weighted by Crippen LogP contribution is 2.34. The summed E-state index contributed by atoms with van der Waals surface area (Å²) in [7, 11) is 0. The van der Waals surface area contributed by atoms with Crippen molar-refractivity contribution < 1.29 is 4.79 Å². The molecule has 172 valence electrons. The molecular formula is C27H32N4O2. The molecule has 2 aromatic carbocycles. The van der Waals surface area contributed by atoms with E-state index in [4.69, 9.17) is 4.98 Å². The van der Waals surface area contributed by atoms with Crippen molar-refractivity contribution in [3.8, 4) is 0 Å². The molecular weight excluding hydrogens is 412 g/mol. The van der Waals surface area contributed by atoms with Gasteiger partial charge in [0, 0.05) is 18.8 Å². The van der Waals surface area contributed by atoms with Gasteiger partial charge < -0.3 is 4.90 Å². The van der Waals surface area contributed by atoms with Gasteiger partial charge in [-0.2, -0.15) is 0 Å². The molecule has 2 aliphatic heterocycles. The number of fused-ring (bicyclic) bond motifs is 2. The van der Waals surface area contributed by atoms with Crippen LogP contribution < -0.4 is 15.4 Å². The van der Waals surface area contributed by atoms with E-state index in [1.165, 1.54) is 18.5 Å². The lowest BCUT2D eigenvalue weighted by atomic mass is 9.98. The van der Waals surface area contributed by atoms with E-state index in [-0.39, 0.29) is 17.4 Å². The summed E-state index contributed by atoms with van der Waals surface area (Å²) in [4.78, 5) is 35.7. The van der Waals surface area contributed by atoms with Crippen molar-refractivity contribution in [3.63, 3.8) is 0 Å². The third kappa shape index (κ3) is 4.03. The molecule has 1 fully saturated rings. The summed E-state index contributed by atoms with van der Waals surface area (Å²) in [5, 5.41) is 0.560. The quantitative estimate of drug-likeness (QED) is 0.569. The van der Waals surface area contributed by atoms with Gasteiger partial charge in [-0.1, -0.05) is 45.0 Å². The zero-order chi connectivity index (χ0) is 23.1. The topological polar surface area (TPSA) is 58.4 Å². The highest BCUT2D eigenvalue weighted by molar-refractivity contribution is 5.99. The van der Waals surface area contributed by atoms with E-state index in [1.54, 1.807) is 15.5 Å². The monoisotopic (exact) mass is 444 g/mol. The molecule has 1 unspecified atom stereocenters. The Morgan fingerprint density at radius 2 is 1.70 bits per heavy atom. The number of carbonyl (C=O) groups excluding carboxylic acids is 1. The van der Waals surface area contributed by atoms with Gasteiger partial charge in [0.25, 0.3) is 11.5 Å². The zero-order valence-corrected chi connectivity index (χ0v) is 19.7. The molecule has 6 heteroatoms. The first-order chi connectivity index (χ1) is 15.9. The van der Waals surface area contributed by atoms with Crippen molar-refractivity contribution in [1.82, 2.24) is 9.55 Å². The molecule has 2 aliphatic rings. The molecule has 0 radical (unpaired) electrons. The normalized spacial score (nSPS) is 19.0. The first-order valence-corrected chi connectivity index (χ1v) is 12.1. The van der Waals surface area contributed by atoms with Gasteiger partial charge in [0.2, 0.25) is 5.95 Å². The van der Waals surface area contributed by atoms with Gasteiger partial charge in [0.1, 0.15) is 6.04 Å². The zero-order valence-electron chi connectivity index (χ0n) is 19.7. The number of para-hydroxylation sites is 1. The predicted octanol–water partition coefficient (Wildman–Crippen LogP) is 4.77. The maximum absolute atomic E-state index is 13.5. The Bertz CT molecular complexity index is 1220. The lowest BCUT2D eigenvalue weighted by Gasteiger charge is -2.32. The van der Waals surface area contributed by atoms with Crippen LogP contribution in [0.2, 0.25) is 0 Å². The SMILES string of the molecule is CC(C)CC1C(=O)N(Cc2ccc(N3CCC(C)CC3)cc2)c2nc3ccccc3c(=O)n21. The molecule has 6 nitrogen and oxygen atoms in total. The predicted molar refractivity (Wildman–Crippen MR) is 133 cm³/mol. The highest BCUT2D eigenvalue weighted by Gasteiger charge is 2.39. The van der Waals surface area contributed by atoms with Crippen LogP contribution in [-0.2, 0) is 11.3 Å².